The fraction of sp³-hybridized carbons (Fsp3) is 0.250. The van der Waals surface area contributed by atoms with Crippen LogP contribution in [0.15, 0.2) is 52.2 Å². The second-order valence-electron chi connectivity index (χ2n) is 5.31. The van der Waals surface area contributed by atoms with Gasteiger partial charge in [0.25, 0.3) is 0 Å². The van der Waals surface area contributed by atoms with Crippen molar-refractivity contribution in [2.24, 2.45) is 0 Å². The first-order valence-corrected chi connectivity index (χ1v) is 8.43. The molecule has 24 heavy (non-hydrogen) atoms. The average molecular weight is 343 g/mol. The number of nitrogens with zero attached hydrogens (tertiary/aromatic N) is 4. The van der Waals surface area contributed by atoms with Crippen molar-refractivity contribution in [2.75, 3.05) is 5.75 Å². The van der Waals surface area contributed by atoms with Crippen LogP contribution in [-0.2, 0) is 4.79 Å². The maximum atomic E-state index is 12.1. The van der Waals surface area contributed by atoms with Crippen LogP contribution in [0.1, 0.15) is 24.3 Å². The standard InChI is InChI=1S/C16H17N5O2S/c1-11-5-3-6-13(9-11)21-16(18-19-20-21)24-10-15(22)17-12(2)14-7-4-8-23-14/h3-9,12H,10H2,1-2H3,(H,17,22). The Morgan fingerprint density at radius 2 is 2.25 bits per heavy atom. The highest BCUT2D eigenvalue weighted by Crippen LogP contribution is 2.19. The van der Waals surface area contributed by atoms with Crippen molar-refractivity contribution in [2.45, 2.75) is 25.0 Å². The lowest BCUT2D eigenvalue weighted by molar-refractivity contribution is -0.119. The highest BCUT2D eigenvalue weighted by molar-refractivity contribution is 7.99. The number of carbonyl (C=O) groups excluding carboxylic acids is 1. The number of thioether (sulfide) groups is 1. The normalized spacial score (nSPS) is 12.1. The number of hydrogen-bond acceptors (Lipinski definition) is 6. The molecule has 2 aromatic heterocycles. The number of rotatable bonds is 6. The fourth-order valence-corrected chi connectivity index (χ4v) is 2.91. The topological polar surface area (TPSA) is 85.8 Å². The molecule has 0 aliphatic carbocycles. The molecule has 0 fully saturated rings. The zero-order valence-electron chi connectivity index (χ0n) is 13.3. The zero-order chi connectivity index (χ0) is 16.9. The molecule has 0 aliphatic rings. The summed E-state index contributed by atoms with van der Waals surface area (Å²) >= 11 is 1.29. The van der Waals surface area contributed by atoms with Crippen molar-refractivity contribution in [3.63, 3.8) is 0 Å². The van der Waals surface area contributed by atoms with Gasteiger partial charge in [-0.1, -0.05) is 23.9 Å². The van der Waals surface area contributed by atoms with Crippen molar-refractivity contribution >= 4 is 17.7 Å². The minimum atomic E-state index is -0.180. The first-order valence-electron chi connectivity index (χ1n) is 7.44. The second kappa shape index (κ2) is 7.31. The molecule has 0 saturated heterocycles. The Hall–Kier alpha value is -2.61. The number of furan rings is 1. The van der Waals surface area contributed by atoms with Crippen molar-refractivity contribution < 1.29 is 9.21 Å². The lowest BCUT2D eigenvalue weighted by Crippen LogP contribution is -2.28. The fourth-order valence-electron chi connectivity index (χ4n) is 2.21. The zero-order valence-corrected chi connectivity index (χ0v) is 14.2. The molecule has 3 aromatic rings. The second-order valence-corrected chi connectivity index (χ2v) is 6.25. The molecule has 0 aliphatic heterocycles. The number of benzene rings is 1. The van der Waals surface area contributed by atoms with E-state index in [-0.39, 0.29) is 17.7 Å². The van der Waals surface area contributed by atoms with E-state index in [2.05, 4.69) is 20.8 Å². The summed E-state index contributed by atoms with van der Waals surface area (Å²) < 4.78 is 6.90. The molecule has 8 heteroatoms. The minimum absolute atomic E-state index is 0.109. The summed E-state index contributed by atoms with van der Waals surface area (Å²) in [7, 11) is 0. The molecule has 1 amide bonds. The van der Waals surface area contributed by atoms with Gasteiger partial charge in [-0.15, -0.1) is 5.10 Å². The molecule has 0 radical (unpaired) electrons. The molecule has 1 unspecified atom stereocenters. The van der Waals surface area contributed by atoms with Crippen molar-refractivity contribution in [3.05, 3.63) is 54.0 Å². The van der Waals surface area contributed by atoms with Gasteiger partial charge in [0, 0.05) is 0 Å². The van der Waals surface area contributed by atoms with Crippen molar-refractivity contribution in [1.82, 2.24) is 25.5 Å². The average Bonchev–Trinajstić information content (AvgIpc) is 3.24. The van der Waals surface area contributed by atoms with Crippen LogP contribution in [0.25, 0.3) is 5.69 Å². The van der Waals surface area contributed by atoms with Crippen LogP contribution in [-0.4, -0.2) is 31.9 Å². The largest absolute Gasteiger partial charge is 0.467 e. The quantitative estimate of drug-likeness (QED) is 0.692. The maximum Gasteiger partial charge on any atom is 0.231 e. The van der Waals surface area contributed by atoms with Gasteiger partial charge in [-0.25, -0.2) is 0 Å². The molecule has 0 saturated carbocycles. The van der Waals surface area contributed by atoms with Gasteiger partial charge in [-0.05, 0) is 54.1 Å². The summed E-state index contributed by atoms with van der Waals surface area (Å²) in [5, 5.41) is 15.1. The molecule has 3 rings (SSSR count). The maximum absolute atomic E-state index is 12.1. The van der Waals surface area contributed by atoms with E-state index in [1.165, 1.54) is 11.8 Å². The Bertz CT molecular complexity index is 816. The van der Waals surface area contributed by atoms with Crippen LogP contribution in [0.4, 0.5) is 0 Å². The van der Waals surface area contributed by atoms with Gasteiger partial charge in [-0.3, -0.25) is 4.79 Å². The Balaban J connectivity index is 1.61. The Kier molecular flexibility index (Phi) is 4.95. The van der Waals surface area contributed by atoms with E-state index >= 15 is 0 Å². The van der Waals surface area contributed by atoms with E-state index in [4.69, 9.17) is 4.42 Å². The van der Waals surface area contributed by atoms with E-state index in [9.17, 15) is 4.79 Å². The summed E-state index contributed by atoms with van der Waals surface area (Å²) in [6.45, 7) is 3.88. The van der Waals surface area contributed by atoms with Gasteiger partial charge in [0.15, 0.2) is 0 Å². The Morgan fingerprint density at radius 1 is 1.38 bits per heavy atom. The van der Waals surface area contributed by atoms with Gasteiger partial charge in [0.05, 0.1) is 23.7 Å². The van der Waals surface area contributed by atoms with Gasteiger partial charge >= 0.3 is 0 Å². The molecule has 1 N–H and O–H groups in total. The van der Waals surface area contributed by atoms with Gasteiger partial charge in [0.1, 0.15) is 5.76 Å². The monoisotopic (exact) mass is 343 g/mol. The summed E-state index contributed by atoms with van der Waals surface area (Å²) in [6.07, 6.45) is 1.59. The number of aryl methyl sites for hydroxylation is 1. The molecule has 124 valence electrons. The molecule has 0 spiro atoms. The molecule has 1 atom stereocenters. The number of hydrogen-bond donors (Lipinski definition) is 1. The third-order valence-electron chi connectivity index (χ3n) is 3.37. The van der Waals surface area contributed by atoms with Crippen LogP contribution in [0.3, 0.4) is 0 Å². The van der Waals surface area contributed by atoms with Gasteiger partial charge in [-0.2, -0.15) is 4.68 Å². The van der Waals surface area contributed by atoms with Crippen LogP contribution >= 0.6 is 11.8 Å². The smallest absolute Gasteiger partial charge is 0.231 e. The number of tetrazole rings is 1. The van der Waals surface area contributed by atoms with Crippen LogP contribution < -0.4 is 5.32 Å². The Labute approximate surface area is 143 Å². The third kappa shape index (κ3) is 3.83. The van der Waals surface area contributed by atoms with Crippen molar-refractivity contribution in [1.29, 1.82) is 0 Å². The summed E-state index contributed by atoms with van der Waals surface area (Å²) in [4.78, 5) is 12.1. The highest BCUT2D eigenvalue weighted by atomic mass is 32.2. The lowest BCUT2D eigenvalue weighted by Gasteiger charge is -2.11. The van der Waals surface area contributed by atoms with Crippen LogP contribution in [0.2, 0.25) is 0 Å². The number of amides is 1. The van der Waals surface area contributed by atoms with E-state index in [0.29, 0.717) is 5.16 Å². The molecule has 7 nitrogen and oxygen atoms in total. The van der Waals surface area contributed by atoms with E-state index in [1.807, 2.05) is 44.2 Å². The van der Waals surface area contributed by atoms with Crippen molar-refractivity contribution in [3.8, 4) is 5.69 Å². The number of carbonyl (C=O) groups is 1. The van der Waals surface area contributed by atoms with Gasteiger partial charge < -0.3 is 9.73 Å². The summed E-state index contributed by atoms with van der Waals surface area (Å²) in [5.74, 6) is 0.831. The molecule has 0 bridgehead atoms. The van der Waals surface area contributed by atoms with Crippen LogP contribution in [0.5, 0.6) is 0 Å². The summed E-state index contributed by atoms with van der Waals surface area (Å²) in [6, 6.07) is 11.3. The first kappa shape index (κ1) is 16.3. The number of aromatic nitrogens is 4. The first-order chi connectivity index (χ1) is 11.6. The number of nitrogens with one attached hydrogen (secondary N) is 1. The van der Waals surface area contributed by atoms with Gasteiger partial charge in [0.2, 0.25) is 11.1 Å². The third-order valence-corrected chi connectivity index (χ3v) is 4.29. The predicted octanol–water partition coefficient (Wildman–Crippen LogP) is 2.53. The molecule has 2 heterocycles. The summed E-state index contributed by atoms with van der Waals surface area (Å²) in [5.41, 5.74) is 1.98. The minimum Gasteiger partial charge on any atom is -0.467 e. The molecular formula is C16H17N5O2S. The highest BCUT2D eigenvalue weighted by Gasteiger charge is 2.15. The van der Waals surface area contributed by atoms with Crippen LogP contribution in [0, 0.1) is 6.92 Å². The van der Waals surface area contributed by atoms with E-state index in [1.54, 1.807) is 17.0 Å². The van der Waals surface area contributed by atoms with E-state index in [0.717, 1.165) is 17.0 Å². The molecule has 1 aromatic carbocycles. The van der Waals surface area contributed by atoms with E-state index < -0.39 is 0 Å². The molecular weight excluding hydrogens is 326 g/mol. The lowest BCUT2D eigenvalue weighted by atomic mass is 10.2. The SMILES string of the molecule is Cc1cccc(-n2nnnc2SCC(=O)NC(C)c2ccco2)c1. The predicted molar refractivity (Wildman–Crippen MR) is 89.9 cm³/mol. The Morgan fingerprint density at radius 3 is 3.00 bits per heavy atom.